The molecule has 0 aliphatic carbocycles. The van der Waals surface area contributed by atoms with Gasteiger partial charge in [0.15, 0.2) is 0 Å². The van der Waals surface area contributed by atoms with E-state index in [2.05, 4.69) is 24.9 Å². The van der Waals surface area contributed by atoms with Gasteiger partial charge < -0.3 is 18.8 Å². The van der Waals surface area contributed by atoms with Crippen LogP contribution < -0.4 is 10.3 Å². The highest BCUT2D eigenvalue weighted by molar-refractivity contribution is 5.93. The lowest BCUT2D eigenvalue weighted by molar-refractivity contribution is 0.0585. The Kier molecular flexibility index (Phi) is 4.32. The average molecular weight is 418 g/mol. The van der Waals surface area contributed by atoms with Crippen LogP contribution in [0.1, 0.15) is 48.1 Å². The van der Waals surface area contributed by atoms with Crippen LogP contribution >= 0.6 is 0 Å². The summed E-state index contributed by atoms with van der Waals surface area (Å²) >= 11 is 0. The van der Waals surface area contributed by atoms with Crippen molar-refractivity contribution in [2.24, 2.45) is 0 Å². The van der Waals surface area contributed by atoms with E-state index in [1.165, 1.54) is 5.56 Å². The van der Waals surface area contributed by atoms with Crippen LogP contribution in [0.25, 0.3) is 5.69 Å². The highest BCUT2D eigenvalue weighted by Gasteiger charge is 2.35. The molecule has 3 aromatic rings. The largest absolute Gasteiger partial charge is 0.487 e. The number of hydrogen-bond donors (Lipinski definition) is 0. The zero-order chi connectivity index (χ0) is 21.9. The van der Waals surface area contributed by atoms with Gasteiger partial charge in [0, 0.05) is 30.8 Å². The van der Waals surface area contributed by atoms with Gasteiger partial charge in [0.05, 0.1) is 18.6 Å². The maximum Gasteiger partial charge on any atom is 0.275 e. The first-order valence-electron chi connectivity index (χ1n) is 10.6. The molecule has 2 aliphatic rings. The first kappa shape index (κ1) is 19.6. The van der Waals surface area contributed by atoms with Crippen LogP contribution in [0, 0.1) is 6.92 Å². The molecule has 0 fully saturated rings. The number of aromatic nitrogens is 3. The third-order valence-corrected chi connectivity index (χ3v) is 6.12. The number of fused-ring (bicyclic) bond motifs is 2. The van der Waals surface area contributed by atoms with Crippen molar-refractivity contribution in [3.8, 4) is 11.4 Å². The highest BCUT2D eigenvalue weighted by atomic mass is 16.5. The van der Waals surface area contributed by atoms with Gasteiger partial charge in [-0.2, -0.15) is 0 Å². The predicted molar refractivity (Wildman–Crippen MR) is 117 cm³/mol. The minimum Gasteiger partial charge on any atom is -0.487 e. The molecule has 0 N–H and O–H groups in total. The van der Waals surface area contributed by atoms with Gasteiger partial charge in [0.2, 0.25) is 0 Å². The van der Waals surface area contributed by atoms with Crippen LogP contribution in [0.15, 0.2) is 47.7 Å². The maximum atomic E-state index is 13.4. The van der Waals surface area contributed by atoms with Gasteiger partial charge in [0.1, 0.15) is 22.7 Å². The topological polar surface area (TPSA) is 69.4 Å². The van der Waals surface area contributed by atoms with Crippen LogP contribution in [0.3, 0.4) is 0 Å². The van der Waals surface area contributed by atoms with Crippen molar-refractivity contribution in [3.05, 3.63) is 75.7 Å². The number of benzene rings is 1. The summed E-state index contributed by atoms with van der Waals surface area (Å²) in [7, 11) is 0. The van der Waals surface area contributed by atoms with E-state index in [4.69, 9.17) is 4.74 Å². The van der Waals surface area contributed by atoms with Gasteiger partial charge >= 0.3 is 0 Å². The van der Waals surface area contributed by atoms with E-state index in [-0.39, 0.29) is 23.1 Å². The van der Waals surface area contributed by atoms with Crippen molar-refractivity contribution in [1.29, 1.82) is 0 Å². The van der Waals surface area contributed by atoms with E-state index in [1.54, 1.807) is 27.6 Å². The van der Waals surface area contributed by atoms with E-state index in [9.17, 15) is 9.59 Å². The molecule has 0 spiro atoms. The van der Waals surface area contributed by atoms with Crippen LogP contribution in [0.5, 0.6) is 5.75 Å². The van der Waals surface area contributed by atoms with Gasteiger partial charge in [-0.25, -0.2) is 4.98 Å². The number of para-hydroxylation sites is 1. The smallest absolute Gasteiger partial charge is 0.275 e. The van der Waals surface area contributed by atoms with Crippen molar-refractivity contribution in [3.63, 3.8) is 0 Å². The molecule has 0 unspecified atom stereocenters. The van der Waals surface area contributed by atoms with E-state index in [0.29, 0.717) is 24.5 Å². The number of pyridine rings is 1. The molecule has 0 bridgehead atoms. The molecule has 2 aromatic heterocycles. The zero-order valence-corrected chi connectivity index (χ0v) is 18.3. The lowest BCUT2D eigenvalue weighted by Gasteiger charge is -2.36. The Hall–Kier alpha value is -3.35. The molecule has 2 aliphatic heterocycles. The molecule has 1 atom stereocenters. The van der Waals surface area contributed by atoms with Crippen LogP contribution in [-0.4, -0.2) is 36.6 Å². The summed E-state index contributed by atoms with van der Waals surface area (Å²) in [5, 5.41) is 0. The molecule has 4 heterocycles. The van der Waals surface area contributed by atoms with E-state index < -0.39 is 0 Å². The normalized spacial score (nSPS) is 19.2. The van der Waals surface area contributed by atoms with Crippen LogP contribution in [0.4, 0.5) is 0 Å². The van der Waals surface area contributed by atoms with Crippen molar-refractivity contribution in [2.45, 2.75) is 58.8 Å². The second-order valence-electron chi connectivity index (χ2n) is 9.17. The molecular formula is C24H26N4O3. The van der Waals surface area contributed by atoms with Crippen LogP contribution in [-0.2, 0) is 19.5 Å². The summed E-state index contributed by atoms with van der Waals surface area (Å²) in [6, 6.07) is 9.45. The summed E-state index contributed by atoms with van der Waals surface area (Å²) in [6.45, 7) is 8.91. The van der Waals surface area contributed by atoms with Gasteiger partial charge in [0.25, 0.3) is 11.5 Å². The number of carbonyl (C=O) groups is 1. The molecule has 1 aromatic carbocycles. The number of aryl methyl sites for hydroxylation is 1. The van der Waals surface area contributed by atoms with E-state index in [1.807, 2.05) is 37.1 Å². The summed E-state index contributed by atoms with van der Waals surface area (Å²) in [6.07, 6.45) is 4.28. The van der Waals surface area contributed by atoms with Crippen molar-refractivity contribution >= 4 is 5.91 Å². The Morgan fingerprint density at radius 3 is 2.74 bits per heavy atom. The van der Waals surface area contributed by atoms with E-state index in [0.717, 1.165) is 23.4 Å². The molecule has 5 rings (SSSR count). The van der Waals surface area contributed by atoms with Crippen molar-refractivity contribution < 1.29 is 9.53 Å². The van der Waals surface area contributed by atoms with Gasteiger partial charge in [-0.05, 0) is 45.4 Å². The molecule has 0 radical (unpaired) electrons. The molecule has 7 nitrogen and oxygen atoms in total. The molecule has 1 amide bonds. The predicted octanol–water partition coefficient (Wildman–Crippen LogP) is 3.10. The molecular weight excluding hydrogens is 392 g/mol. The second kappa shape index (κ2) is 6.83. The maximum absolute atomic E-state index is 13.4. The minimum absolute atomic E-state index is 0.122. The lowest BCUT2D eigenvalue weighted by atomic mass is 10.00. The lowest BCUT2D eigenvalue weighted by Crippen LogP contribution is -2.49. The molecule has 0 saturated heterocycles. The number of ether oxygens (including phenoxy) is 1. The number of nitrogens with zero attached hydrogens (tertiary/aromatic N) is 4. The summed E-state index contributed by atoms with van der Waals surface area (Å²) < 4.78 is 9.48. The first-order chi connectivity index (χ1) is 14.7. The summed E-state index contributed by atoms with van der Waals surface area (Å²) in [5.74, 6) is 0.750. The first-order valence-corrected chi connectivity index (χ1v) is 10.6. The molecule has 160 valence electrons. The number of amides is 1. The number of hydrogen-bond acceptors (Lipinski definition) is 4. The summed E-state index contributed by atoms with van der Waals surface area (Å²) in [4.78, 5) is 32.5. The van der Waals surface area contributed by atoms with E-state index >= 15 is 0 Å². The average Bonchev–Trinajstić information content (AvgIpc) is 3.27. The monoisotopic (exact) mass is 418 g/mol. The fourth-order valence-electron chi connectivity index (χ4n) is 4.61. The number of rotatable bonds is 3. The van der Waals surface area contributed by atoms with Gasteiger partial charge in [-0.3, -0.25) is 9.59 Å². The SMILES string of the molecule is Cc1cn(-c2ccc3n(c2=O)C[C@@H](C)N(Cc2cccc4c2OC(C)(C)C4)C3=O)cn1. The van der Waals surface area contributed by atoms with Crippen molar-refractivity contribution in [1.82, 2.24) is 19.0 Å². The van der Waals surface area contributed by atoms with Gasteiger partial charge in [-0.1, -0.05) is 18.2 Å². The zero-order valence-electron chi connectivity index (χ0n) is 18.3. The number of carbonyl (C=O) groups excluding carboxylic acids is 1. The quantitative estimate of drug-likeness (QED) is 0.655. The Morgan fingerprint density at radius 1 is 1.19 bits per heavy atom. The van der Waals surface area contributed by atoms with Crippen LogP contribution in [0.2, 0.25) is 0 Å². The fourth-order valence-corrected chi connectivity index (χ4v) is 4.61. The molecule has 7 heteroatoms. The third kappa shape index (κ3) is 3.24. The van der Waals surface area contributed by atoms with Crippen molar-refractivity contribution in [2.75, 3.05) is 0 Å². The highest BCUT2D eigenvalue weighted by Crippen LogP contribution is 2.38. The fraction of sp³-hybridized carbons (Fsp3) is 0.375. The van der Waals surface area contributed by atoms with Gasteiger partial charge in [-0.15, -0.1) is 0 Å². The second-order valence-corrected chi connectivity index (χ2v) is 9.17. The molecule has 0 saturated carbocycles. The Labute approximate surface area is 180 Å². The summed E-state index contributed by atoms with van der Waals surface area (Å²) in [5.41, 5.74) is 3.50. The minimum atomic E-state index is -0.238. The Bertz CT molecular complexity index is 1250. The molecule has 31 heavy (non-hydrogen) atoms. The standard InChI is InChI=1S/C24H26N4O3/c1-15-11-26(14-25-15)19-8-9-20-23(30)27(16(2)12-28(20)22(19)29)13-18-7-5-6-17-10-24(3,4)31-21(17)18/h5-9,11,14,16H,10,12-13H2,1-4H3/t16-/m1/s1. The Balaban J connectivity index is 1.48. The Morgan fingerprint density at radius 2 is 2.00 bits per heavy atom. The number of imidazole rings is 1. The third-order valence-electron chi connectivity index (χ3n) is 6.12.